The molecule has 1 aromatic rings. The van der Waals surface area contributed by atoms with E-state index in [1.165, 1.54) is 44.3 Å². The molecule has 4 atom stereocenters. The first-order valence-electron chi connectivity index (χ1n) is 8.74. The Bertz CT molecular complexity index is 470. The maximum atomic E-state index is 3.61. The van der Waals surface area contributed by atoms with Crippen molar-refractivity contribution in [2.45, 2.75) is 57.5 Å². The third-order valence-electron chi connectivity index (χ3n) is 5.64. The first-order chi connectivity index (χ1) is 10.2. The predicted molar refractivity (Wildman–Crippen MR) is 89.7 cm³/mol. The molecule has 21 heavy (non-hydrogen) atoms. The second-order valence-corrected chi connectivity index (χ2v) is 7.04. The zero-order valence-corrected chi connectivity index (χ0v) is 13.8. The van der Waals surface area contributed by atoms with Crippen LogP contribution in [0.4, 0.5) is 0 Å². The van der Waals surface area contributed by atoms with Crippen LogP contribution in [0.5, 0.6) is 0 Å². The quantitative estimate of drug-likeness (QED) is 0.901. The zero-order chi connectivity index (χ0) is 14.8. The van der Waals surface area contributed by atoms with Gasteiger partial charge in [-0.1, -0.05) is 44.5 Å². The Morgan fingerprint density at radius 2 is 2.00 bits per heavy atom. The molecule has 4 unspecified atom stereocenters. The summed E-state index contributed by atoms with van der Waals surface area (Å²) < 4.78 is 0. The smallest absolute Gasteiger partial charge is 0.0478 e. The minimum Gasteiger partial charge on any atom is -0.312 e. The summed E-state index contributed by atoms with van der Waals surface area (Å²) in [6.45, 7) is 7.32. The van der Waals surface area contributed by atoms with Crippen LogP contribution >= 0.6 is 0 Å². The van der Waals surface area contributed by atoms with Gasteiger partial charge in [-0.3, -0.25) is 4.90 Å². The van der Waals surface area contributed by atoms with Crippen molar-refractivity contribution in [3.8, 4) is 0 Å². The highest BCUT2D eigenvalue weighted by atomic mass is 15.2. The fourth-order valence-corrected chi connectivity index (χ4v) is 4.59. The van der Waals surface area contributed by atoms with Crippen molar-refractivity contribution in [1.29, 1.82) is 0 Å². The van der Waals surface area contributed by atoms with E-state index in [0.29, 0.717) is 18.0 Å². The van der Waals surface area contributed by atoms with Crippen LogP contribution in [0.2, 0.25) is 0 Å². The summed E-state index contributed by atoms with van der Waals surface area (Å²) in [4.78, 5) is 2.77. The summed E-state index contributed by atoms with van der Waals surface area (Å²) >= 11 is 0. The van der Waals surface area contributed by atoms with E-state index >= 15 is 0 Å². The molecule has 1 saturated heterocycles. The Balaban J connectivity index is 1.81. The first-order valence-corrected chi connectivity index (χ1v) is 8.74. The van der Waals surface area contributed by atoms with Crippen LogP contribution in [0.3, 0.4) is 0 Å². The summed E-state index contributed by atoms with van der Waals surface area (Å²) in [5.74, 6) is 1.61. The maximum Gasteiger partial charge on any atom is 0.0478 e. The van der Waals surface area contributed by atoms with Gasteiger partial charge in [-0.25, -0.2) is 0 Å². The monoisotopic (exact) mass is 286 g/mol. The molecule has 0 bridgehead atoms. The molecule has 116 valence electrons. The summed E-state index contributed by atoms with van der Waals surface area (Å²) in [7, 11) is 2.13. The molecule has 0 amide bonds. The van der Waals surface area contributed by atoms with Crippen molar-refractivity contribution in [3.05, 3.63) is 35.4 Å². The minimum absolute atomic E-state index is 0.498. The molecule has 0 saturated carbocycles. The Morgan fingerprint density at radius 1 is 1.24 bits per heavy atom. The number of nitrogens with zero attached hydrogens (tertiary/aromatic N) is 1. The minimum atomic E-state index is 0.498. The summed E-state index contributed by atoms with van der Waals surface area (Å²) in [5.41, 5.74) is 3.08. The molecule has 1 aliphatic heterocycles. The average molecular weight is 286 g/mol. The highest BCUT2D eigenvalue weighted by Gasteiger charge is 2.38. The van der Waals surface area contributed by atoms with Gasteiger partial charge in [0.15, 0.2) is 0 Å². The number of likely N-dealkylation sites (N-methyl/N-ethyl adjacent to an activating group) is 1. The summed E-state index contributed by atoms with van der Waals surface area (Å²) in [6.07, 6.45) is 5.43. The number of nitrogens with one attached hydrogen (secondary N) is 1. The largest absolute Gasteiger partial charge is 0.312 e. The molecule has 1 N–H and O–H groups in total. The molecule has 2 nitrogen and oxygen atoms in total. The van der Waals surface area contributed by atoms with Crippen LogP contribution in [0.1, 0.15) is 62.6 Å². The van der Waals surface area contributed by atoms with Gasteiger partial charge in [0.2, 0.25) is 0 Å². The Hall–Kier alpha value is -0.860. The number of hydrogen-bond donors (Lipinski definition) is 1. The van der Waals surface area contributed by atoms with Crippen LogP contribution in [0.15, 0.2) is 24.3 Å². The number of benzene rings is 1. The highest BCUT2D eigenvalue weighted by molar-refractivity contribution is 5.36. The normalized spacial score (nSPS) is 33.1. The number of fused-ring (bicyclic) bond motifs is 1. The van der Waals surface area contributed by atoms with E-state index in [1.54, 1.807) is 5.56 Å². The molecule has 1 fully saturated rings. The third kappa shape index (κ3) is 2.89. The van der Waals surface area contributed by atoms with Crippen LogP contribution in [-0.4, -0.2) is 31.1 Å². The highest BCUT2D eigenvalue weighted by Crippen LogP contribution is 2.41. The van der Waals surface area contributed by atoms with Crippen molar-refractivity contribution in [2.75, 3.05) is 20.1 Å². The fraction of sp³-hybridized carbons (Fsp3) is 0.684. The van der Waals surface area contributed by atoms with Crippen molar-refractivity contribution in [3.63, 3.8) is 0 Å². The van der Waals surface area contributed by atoms with Crippen LogP contribution in [0.25, 0.3) is 0 Å². The molecule has 1 aliphatic carbocycles. The lowest BCUT2D eigenvalue weighted by Crippen LogP contribution is -2.46. The molecule has 2 heteroatoms. The molecule has 2 aliphatic rings. The second kappa shape index (κ2) is 6.50. The Kier molecular flexibility index (Phi) is 4.66. The van der Waals surface area contributed by atoms with Gasteiger partial charge in [-0.05, 0) is 55.8 Å². The second-order valence-electron chi connectivity index (χ2n) is 7.04. The van der Waals surface area contributed by atoms with Gasteiger partial charge >= 0.3 is 0 Å². The van der Waals surface area contributed by atoms with Crippen LogP contribution < -0.4 is 5.32 Å². The average Bonchev–Trinajstić information content (AvgIpc) is 2.96. The molecule has 0 radical (unpaired) electrons. The molecule has 0 aromatic heterocycles. The summed E-state index contributed by atoms with van der Waals surface area (Å²) in [5, 5.41) is 3.61. The van der Waals surface area contributed by atoms with Crippen molar-refractivity contribution in [1.82, 2.24) is 10.2 Å². The maximum absolute atomic E-state index is 3.61. The van der Waals surface area contributed by atoms with E-state index in [1.807, 2.05) is 0 Å². The molecule has 1 heterocycles. The zero-order valence-electron chi connectivity index (χ0n) is 13.8. The lowest BCUT2D eigenvalue weighted by molar-refractivity contribution is 0.161. The lowest BCUT2D eigenvalue weighted by atomic mass is 9.77. The summed E-state index contributed by atoms with van der Waals surface area (Å²) in [6, 6.07) is 10.2. The topological polar surface area (TPSA) is 15.3 Å². The fourth-order valence-electron chi connectivity index (χ4n) is 4.59. The molecule has 1 aromatic carbocycles. The number of likely N-dealkylation sites (tertiary alicyclic amines) is 1. The molecular weight excluding hydrogens is 256 g/mol. The van der Waals surface area contributed by atoms with Gasteiger partial charge in [0.05, 0.1) is 0 Å². The predicted octanol–water partition coefficient (Wildman–Crippen LogP) is 3.94. The van der Waals surface area contributed by atoms with Gasteiger partial charge in [-0.2, -0.15) is 0 Å². The number of hydrogen-bond acceptors (Lipinski definition) is 2. The van der Waals surface area contributed by atoms with Crippen molar-refractivity contribution < 1.29 is 0 Å². The van der Waals surface area contributed by atoms with Gasteiger partial charge in [0.25, 0.3) is 0 Å². The first kappa shape index (κ1) is 15.1. The van der Waals surface area contributed by atoms with Gasteiger partial charge in [-0.15, -0.1) is 0 Å². The van der Waals surface area contributed by atoms with E-state index in [-0.39, 0.29) is 0 Å². The van der Waals surface area contributed by atoms with E-state index in [9.17, 15) is 0 Å². The van der Waals surface area contributed by atoms with Crippen molar-refractivity contribution >= 4 is 0 Å². The van der Waals surface area contributed by atoms with Gasteiger partial charge in [0.1, 0.15) is 0 Å². The van der Waals surface area contributed by atoms with E-state index in [4.69, 9.17) is 0 Å². The Labute approximate surface area is 129 Å². The molecule has 3 rings (SSSR count). The Morgan fingerprint density at radius 3 is 2.71 bits per heavy atom. The SMILES string of the molecule is CCCC1CCN(C2CC(C)c3ccccc3C2NC)C1. The van der Waals surface area contributed by atoms with Gasteiger partial charge in [0, 0.05) is 18.6 Å². The van der Waals surface area contributed by atoms with Gasteiger partial charge < -0.3 is 5.32 Å². The van der Waals surface area contributed by atoms with Crippen LogP contribution in [-0.2, 0) is 0 Å². The van der Waals surface area contributed by atoms with E-state index < -0.39 is 0 Å². The van der Waals surface area contributed by atoms with Crippen molar-refractivity contribution in [2.24, 2.45) is 5.92 Å². The van der Waals surface area contributed by atoms with E-state index in [2.05, 4.69) is 55.4 Å². The standard InChI is InChI=1S/C19H30N2/c1-4-7-15-10-11-21(13-15)18-12-14(2)16-8-5-6-9-17(16)19(18)20-3/h5-6,8-9,14-15,18-20H,4,7,10-13H2,1-3H3. The molecule has 0 spiro atoms. The van der Waals surface area contributed by atoms with E-state index in [0.717, 1.165) is 5.92 Å². The van der Waals surface area contributed by atoms with Crippen LogP contribution in [0, 0.1) is 5.92 Å². The third-order valence-corrected chi connectivity index (χ3v) is 5.64. The lowest BCUT2D eigenvalue weighted by Gasteiger charge is -2.42. The number of rotatable bonds is 4. The molecular formula is C19H30N2.